The molecule has 0 saturated carbocycles. The van der Waals surface area contributed by atoms with Gasteiger partial charge in [0.05, 0.1) is 6.61 Å². The molecule has 0 aromatic rings. The fraction of sp³-hybridized carbons (Fsp3) is 0.526. The third-order valence-corrected chi connectivity index (χ3v) is 4.28. The molecule has 0 aromatic carbocycles. The third-order valence-electron chi connectivity index (χ3n) is 4.28. The first-order valence-electron chi connectivity index (χ1n) is 7.73. The highest BCUT2D eigenvalue weighted by Crippen LogP contribution is 2.39. The lowest BCUT2D eigenvalue weighted by atomic mass is 9.72. The van der Waals surface area contributed by atoms with Gasteiger partial charge in [-0.05, 0) is 64.4 Å². The number of rotatable bonds is 6. The van der Waals surface area contributed by atoms with Gasteiger partial charge in [0.25, 0.3) is 0 Å². The lowest BCUT2D eigenvalue weighted by Crippen LogP contribution is -2.21. The zero-order chi connectivity index (χ0) is 16.0. The lowest BCUT2D eigenvalue weighted by molar-refractivity contribution is -0.138. The summed E-state index contributed by atoms with van der Waals surface area (Å²) in [6, 6.07) is 0. The molecule has 21 heavy (non-hydrogen) atoms. The van der Waals surface area contributed by atoms with Crippen molar-refractivity contribution in [2.75, 3.05) is 6.61 Å². The van der Waals surface area contributed by atoms with Gasteiger partial charge in [0.2, 0.25) is 0 Å². The van der Waals surface area contributed by atoms with Crippen LogP contribution in [0.15, 0.2) is 47.6 Å². The molecule has 0 spiro atoms. The molecular weight excluding hydrogens is 260 g/mol. The Morgan fingerprint density at radius 1 is 1.48 bits per heavy atom. The quantitative estimate of drug-likeness (QED) is 0.391. The van der Waals surface area contributed by atoms with E-state index in [4.69, 9.17) is 4.74 Å². The monoisotopic (exact) mass is 288 g/mol. The molecule has 1 aliphatic rings. The van der Waals surface area contributed by atoms with Crippen molar-refractivity contribution in [2.24, 2.45) is 11.8 Å². The molecule has 0 N–H and O–H groups in total. The van der Waals surface area contributed by atoms with E-state index in [-0.39, 0.29) is 5.97 Å². The number of ether oxygens (including phenoxy) is 1. The Balaban J connectivity index is 2.69. The van der Waals surface area contributed by atoms with E-state index in [1.54, 1.807) is 0 Å². The van der Waals surface area contributed by atoms with E-state index >= 15 is 0 Å². The van der Waals surface area contributed by atoms with Gasteiger partial charge in [0, 0.05) is 5.57 Å². The standard InChI is InChI=1S/C19H28O2/c1-7-21-19(20)15(5)9-8-10-18-16(6)14(4)11-12-17(18)13(2)3/h9,11,17-18H,2,6-8,10,12H2,1,3-5H3/b15-9-/t17-,18+/m0/s1. The van der Waals surface area contributed by atoms with E-state index in [1.165, 1.54) is 16.7 Å². The van der Waals surface area contributed by atoms with Gasteiger partial charge >= 0.3 is 5.97 Å². The van der Waals surface area contributed by atoms with Crippen LogP contribution in [0, 0.1) is 11.8 Å². The number of esters is 1. The molecule has 2 atom stereocenters. The topological polar surface area (TPSA) is 26.3 Å². The summed E-state index contributed by atoms with van der Waals surface area (Å²) in [5, 5.41) is 0. The van der Waals surface area contributed by atoms with Gasteiger partial charge in [-0.25, -0.2) is 4.79 Å². The van der Waals surface area contributed by atoms with E-state index < -0.39 is 0 Å². The van der Waals surface area contributed by atoms with Crippen molar-refractivity contribution in [1.82, 2.24) is 0 Å². The molecule has 0 fully saturated rings. The second kappa shape index (κ2) is 8.02. The largest absolute Gasteiger partial charge is 0.463 e. The van der Waals surface area contributed by atoms with Crippen molar-refractivity contribution in [3.05, 3.63) is 47.6 Å². The van der Waals surface area contributed by atoms with Crippen LogP contribution in [-0.4, -0.2) is 12.6 Å². The molecule has 0 saturated heterocycles. The molecule has 1 aliphatic carbocycles. The molecule has 0 aliphatic heterocycles. The predicted molar refractivity (Wildman–Crippen MR) is 88.9 cm³/mol. The number of carbonyl (C=O) groups excluding carboxylic acids is 1. The molecule has 0 aromatic heterocycles. The highest BCUT2D eigenvalue weighted by molar-refractivity contribution is 5.87. The maximum absolute atomic E-state index is 11.6. The van der Waals surface area contributed by atoms with Crippen LogP contribution in [0.3, 0.4) is 0 Å². The Kier molecular flexibility index (Phi) is 6.67. The second-order valence-corrected chi connectivity index (χ2v) is 5.89. The van der Waals surface area contributed by atoms with Gasteiger partial charge in [-0.1, -0.05) is 36.5 Å². The molecule has 1 rings (SSSR count). The summed E-state index contributed by atoms with van der Waals surface area (Å²) in [5.41, 5.74) is 4.42. The smallest absolute Gasteiger partial charge is 0.333 e. The Morgan fingerprint density at radius 2 is 2.14 bits per heavy atom. The van der Waals surface area contributed by atoms with E-state index in [2.05, 4.69) is 33.1 Å². The zero-order valence-corrected chi connectivity index (χ0v) is 13.9. The normalized spacial score (nSPS) is 22.8. The predicted octanol–water partition coefficient (Wildman–Crippen LogP) is 4.99. The van der Waals surface area contributed by atoms with Crippen molar-refractivity contribution in [3.8, 4) is 0 Å². The summed E-state index contributed by atoms with van der Waals surface area (Å²) in [4.78, 5) is 11.6. The molecular formula is C19H28O2. The van der Waals surface area contributed by atoms with Gasteiger partial charge < -0.3 is 4.74 Å². The van der Waals surface area contributed by atoms with Crippen molar-refractivity contribution in [2.45, 2.75) is 47.0 Å². The molecule has 0 amide bonds. The number of carbonyl (C=O) groups is 1. The number of allylic oxidation sites excluding steroid dienone is 5. The minimum absolute atomic E-state index is 0.215. The van der Waals surface area contributed by atoms with Gasteiger partial charge in [0.1, 0.15) is 0 Å². The van der Waals surface area contributed by atoms with Crippen molar-refractivity contribution < 1.29 is 9.53 Å². The maximum atomic E-state index is 11.6. The average Bonchev–Trinajstić information content (AvgIpc) is 2.43. The average molecular weight is 288 g/mol. The number of hydrogen-bond acceptors (Lipinski definition) is 2. The molecule has 0 bridgehead atoms. The summed E-state index contributed by atoms with van der Waals surface area (Å²) < 4.78 is 5.00. The van der Waals surface area contributed by atoms with Crippen LogP contribution in [0.4, 0.5) is 0 Å². The van der Waals surface area contributed by atoms with E-state index in [1.807, 2.05) is 19.9 Å². The van der Waals surface area contributed by atoms with Crippen LogP contribution >= 0.6 is 0 Å². The molecule has 2 nitrogen and oxygen atoms in total. The molecule has 0 radical (unpaired) electrons. The molecule has 116 valence electrons. The minimum Gasteiger partial charge on any atom is -0.463 e. The van der Waals surface area contributed by atoms with Gasteiger partial charge in [-0.15, -0.1) is 0 Å². The van der Waals surface area contributed by atoms with Gasteiger partial charge in [-0.2, -0.15) is 0 Å². The Bertz CT molecular complexity index is 480. The summed E-state index contributed by atoms with van der Waals surface area (Å²) in [5.74, 6) is 0.684. The van der Waals surface area contributed by atoms with Gasteiger partial charge in [-0.3, -0.25) is 0 Å². The second-order valence-electron chi connectivity index (χ2n) is 5.89. The summed E-state index contributed by atoms with van der Waals surface area (Å²) >= 11 is 0. The van der Waals surface area contributed by atoms with Gasteiger partial charge in [0.15, 0.2) is 0 Å². The van der Waals surface area contributed by atoms with Crippen LogP contribution in [0.2, 0.25) is 0 Å². The SMILES string of the molecule is C=C1C(C)=CC[C@@H](C(=C)C)[C@@H]1CC/C=C(/C)C(=O)OCC. The summed E-state index contributed by atoms with van der Waals surface area (Å²) in [6.45, 7) is 16.7. The van der Waals surface area contributed by atoms with Crippen molar-refractivity contribution >= 4 is 5.97 Å². The fourth-order valence-electron chi connectivity index (χ4n) is 2.86. The van der Waals surface area contributed by atoms with Crippen molar-refractivity contribution in [1.29, 1.82) is 0 Å². The van der Waals surface area contributed by atoms with E-state index in [0.717, 1.165) is 19.3 Å². The highest BCUT2D eigenvalue weighted by Gasteiger charge is 2.27. The van der Waals surface area contributed by atoms with E-state index in [9.17, 15) is 4.79 Å². The Labute approximate surface area is 129 Å². The number of hydrogen-bond donors (Lipinski definition) is 0. The third kappa shape index (κ3) is 4.73. The lowest BCUT2D eigenvalue weighted by Gasteiger charge is -2.33. The Hall–Kier alpha value is -1.57. The van der Waals surface area contributed by atoms with Crippen LogP contribution in [0.5, 0.6) is 0 Å². The zero-order valence-electron chi connectivity index (χ0n) is 13.9. The van der Waals surface area contributed by atoms with E-state index in [0.29, 0.717) is 24.0 Å². The minimum atomic E-state index is -0.215. The summed E-state index contributed by atoms with van der Waals surface area (Å²) in [6.07, 6.45) is 7.15. The maximum Gasteiger partial charge on any atom is 0.333 e. The van der Waals surface area contributed by atoms with Crippen LogP contribution in [0.1, 0.15) is 47.0 Å². The molecule has 0 unspecified atom stereocenters. The van der Waals surface area contributed by atoms with Crippen LogP contribution in [-0.2, 0) is 9.53 Å². The molecule has 2 heteroatoms. The highest BCUT2D eigenvalue weighted by atomic mass is 16.5. The first kappa shape index (κ1) is 17.5. The summed E-state index contributed by atoms with van der Waals surface area (Å²) in [7, 11) is 0. The Morgan fingerprint density at radius 3 is 2.71 bits per heavy atom. The first-order valence-corrected chi connectivity index (χ1v) is 7.73. The van der Waals surface area contributed by atoms with Crippen molar-refractivity contribution in [3.63, 3.8) is 0 Å². The molecule has 0 heterocycles. The first-order chi connectivity index (χ1) is 9.88. The fourth-order valence-corrected chi connectivity index (χ4v) is 2.86. The van der Waals surface area contributed by atoms with Crippen LogP contribution in [0.25, 0.3) is 0 Å². The van der Waals surface area contributed by atoms with Crippen LogP contribution < -0.4 is 0 Å².